The van der Waals surface area contributed by atoms with Crippen molar-refractivity contribution in [3.05, 3.63) is 71.8 Å². The maximum absolute atomic E-state index is 12.2. The Morgan fingerprint density at radius 3 is 2.10 bits per heavy atom. The topological polar surface area (TPSA) is 43.4 Å². The van der Waals surface area contributed by atoms with Crippen molar-refractivity contribution in [1.82, 2.24) is 0 Å². The van der Waals surface area contributed by atoms with Gasteiger partial charge in [0.2, 0.25) is 0 Å². The minimum atomic E-state index is -1.29. The molecule has 3 heteroatoms. The van der Waals surface area contributed by atoms with Crippen molar-refractivity contribution < 1.29 is 14.3 Å². The Morgan fingerprint density at radius 1 is 1.05 bits per heavy atom. The zero-order valence-electron chi connectivity index (χ0n) is 11.3. The van der Waals surface area contributed by atoms with E-state index in [4.69, 9.17) is 4.74 Å². The Labute approximate surface area is 118 Å². The highest BCUT2D eigenvalue weighted by molar-refractivity contribution is 6.00. The lowest BCUT2D eigenvalue weighted by molar-refractivity contribution is -0.149. The van der Waals surface area contributed by atoms with Crippen LogP contribution in [0.1, 0.15) is 11.1 Å². The van der Waals surface area contributed by atoms with Gasteiger partial charge in [0.15, 0.2) is 5.41 Å². The van der Waals surface area contributed by atoms with Gasteiger partial charge in [0, 0.05) is 0 Å². The zero-order chi connectivity index (χ0) is 14.4. The van der Waals surface area contributed by atoms with Crippen LogP contribution in [0.3, 0.4) is 0 Å². The maximum Gasteiger partial charge on any atom is 0.323 e. The fraction of sp³-hybridized carbons (Fsp3) is 0.176. The van der Waals surface area contributed by atoms with E-state index in [1.165, 1.54) is 7.11 Å². The molecule has 0 aliphatic rings. The van der Waals surface area contributed by atoms with E-state index in [1.807, 2.05) is 48.5 Å². The molecule has 0 saturated heterocycles. The van der Waals surface area contributed by atoms with Gasteiger partial charge in [-0.25, -0.2) is 0 Å². The van der Waals surface area contributed by atoms with Crippen molar-refractivity contribution in [2.75, 3.05) is 7.11 Å². The number of aldehydes is 1. The molecule has 0 spiro atoms. The van der Waals surface area contributed by atoms with Crippen LogP contribution >= 0.6 is 0 Å². The van der Waals surface area contributed by atoms with Crippen LogP contribution in [-0.4, -0.2) is 19.4 Å². The highest BCUT2D eigenvalue weighted by Crippen LogP contribution is 2.28. The fourth-order valence-corrected chi connectivity index (χ4v) is 2.29. The van der Waals surface area contributed by atoms with Crippen LogP contribution in [0.5, 0.6) is 0 Å². The number of benzene rings is 2. The molecule has 0 unspecified atom stereocenters. The van der Waals surface area contributed by atoms with Crippen molar-refractivity contribution >= 4 is 12.3 Å². The minimum Gasteiger partial charge on any atom is -0.468 e. The smallest absolute Gasteiger partial charge is 0.323 e. The van der Waals surface area contributed by atoms with E-state index < -0.39 is 11.4 Å². The van der Waals surface area contributed by atoms with Gasteiger partial charge in [-0.05, 0) is 17.5 Å². The highest BCUT2D eigenvalue weighted by atomic mass is 16.5. The Morgan fingerprint density at radius 2 is 1.60 bits per heavy atom. The van der Waals surface area contributed by atoms with Gasteiger partial charge in [0.25, 0.3) is 0 Å². The van der Waals surface area contributed by atoms with E-state index in [0.29, 0.717) is 11.8 Å². The molecule has 0 aliphatic carbocycles. The third-order valence-corrected chi connectivity index (χ3v) is 3.37. The molecule has 0 aliphatic heterocycles. The molecule has 0 aromatic heterocycles. The summed E-state index contributed by atoms with van der Waals surface area (Å²) in [6.07, 6.45) is 0.967. The molecule has 3 nitrogen and oxygen atoms in total. The molecule has 20 heavy (non-hydrogen) atoms. The summed E-state index contributed by atoms with van der Waals surface area (Å²) >= 11 is 0. The summed E-state index contributed by atoms with van der Waals surface area (Å²) in [5.41, 5.74) is 0.261. The summed E-state index contributed by atoms with van der Waals surface area (Å²) in [6.45, 7) is 0. The molecular formula is C17H16O3. The zero-order valence-corrected chi connectivity index (χ0v) is 11.3. The molecule has 0 bridgehead atoms. The van der Waals surface area contributed by atoms with E-state index in [2.05, 4.69) is 0 Å². The van der Waals surface area contributed by atoms with Crippen LogP contribution in [0.15, 0.2) is 60.7 Å². The van der Waals surface area contributed by atoms with Gasteiger partial charge in [0.05, 0.1) is 7.11 Å². The van der Waals surface area contributed by atoms with Gasteiger partial charge < -0.3 is 9.53 Å². The van der Waals surface area contributed by atoms with Gasteiger partial charge in [-0.3, -0.25) is 4.79 Å². The molecule has 0 amide bonds. The number of carbonyl (C=O) groups is 2. The van der Waals surface area contributed by atoms with E-state index in [0.717, 1.165) is 5.56 Å². The lowest BCUT2D eigenvalue weighted by Crippen LogP contribution is -2.40. The number of hydrogen-bond donors (Lipinski definition) is 0. The Bertz CT molecular complexity index is 578. The van der Waals surface area contributed by atoms with Crippen molar-refractivity contribution in [2.24, 2.45) is 0 Å². The third kappa shape index (κ3) is 2.62. The minimum absolute atomic E-state index is 0.286. The fourth-order valence-electron chi connectivity index (χ4n) is 2.29. The summed E-state index contributed by atoms with van der Waals surface area (Å²) in [5.74, 6) is -0.539. The highest BCUT2D eigenvalue weighted by Gasteiger charge is 2.41. The second-order valence-corrected chi connectivity index (χ2v) is 4.61. The van der Waals surface area contributed by atoms with E-state index in [-0.39, 0.29) is 6.42 Å². The third-order valence-electron chi connectivity index (χ3n) is 3.37. The van der Waals surface area contributed by atoms with E-state index in [1.54, 1.807) is 12.1 Å². The second kappa shape index (κ2) is 6.15. The molecule has 0 N–H and O–H groups in total. The molecule has 2 rings (SSSR count). The van der Waals surface area contributed by atoms with Crippen LogP contribution in [0.2, 0.25) is 0 Å². The maximum atomic E-state index is 12.2. The van der Waals surface area contributed by atoms with Gasteiger partial charge in [-0.15, -0.1) is 0 Å². The van der Waals surface area contributed by atoms with Gasteiger partial charge in [0.1, 0.15) is 6.29 Å². The van der Waals surface area contributed by atoms with Crippen LogP contribution in [0.25, 0.3) is 0 Å². The standard InChI is InChI=1S/C17H16O3/c1-20-16(19)17(13-18,15-10-6-3-7-11-15)12-14-8-4-2-5-9-14/h2-11,13H,12H2,1H3/t17-/m0/s1. The van der Waals surface area contributed by atoms with Gasteiger partial charge in [-0.1, -0.05) is 60.7 Å². The Kier molecular flexibility index (Phi) is 4.31. The number of hydrogen-bond acceptors (Lipinski definition) is 3. The first-order valence-electron chi connectivity index (χ1n) is 6.37. The first kappa shape index (κ1) is 14.0. The predicted octanol–water partition coefficient (Wildman–Crippen LogP) is 2.54. The average molecular weight is 268 g/mol. The lowest BCUT2D eigenvalue weighted by Gasteiger charge is -2.25. The van der Waals surface area contributed by atoms with Crippen LogP contribution in [0, 0.1) is 0 Å². The number of rotatable bonds is 5. The summed E-state index contributed by atoms with van der Waals surface area (Å²) < 4.78 is 4.86. The molecule has 0 fully saturated rings. The van der Waals surface area contributed by atoms with E-state index >= 15 is 0 Å². The molecule has 2 aromatic carbocycles. The average Bonchev–Trinajstić information content (AvgIpc) is 2.53. The lowest BCUT2D eigenvalue weighted by atomic mass is 9.77. The summed E-state index contributed by atoms with van der Waals surface area (Å²) in [4.78, 5) is 23.9. The molecular weight excluding hydrogens is 252 g/mol. The molecule has 0 heterocycles. The second-order valence-electron chi connectivity index (χ2n) is 4.61. The number of carbonyl (C=O) groups excluding carboxylic acids is 2. The van der Waals surface area contributed by atoms with Crippen molar-refractivity contribution in [3.8, 4) is 0 Å². The largest absolute Gasteiger partial charge is 0.468 e. The summed E-state index contributed by atoms with van der Waals surface area (Å²) in [6, 6.07) is 18.5. The van der Waals surface area contributed by atoms with Crippen molar-refractivity contribution in [1.29, 1.82) is 0 Å². The molecule has 2 aromatic rings. The van der Waals surface area contributed by atoms with Crippen LogP contribution < -0.4 is 0 Å². The van der Waals surface area contributed by atoms with E-state index in [9.17, 15) is 9.59 Å². The van der Waals surface area contributed by atoms with Gasteiger partial charge >= 0.3 is 5.97 Å². The summed E-state index contributed by atoms with van der Waals surface area (Å²) in [5, 5.41) is 0. The van der Waals surface area contributed by atoms with Crippen molar-refractivity contribution in [3.63, 3.8) is 0 Å². The monoisotopic (exact) mass is 268 g/mol. The predicted molar refractivity (Wildman–Crippen MR) is 76.3 cm³/mol. The number of esters is 1. The van der Waals surface area contributed by atoms with Gasteiger partial charge in [-0.2, -0.15) is 0 Å². The first-order valence-corrected chi connectivity index (χ1v) is 6.37. The Balaban J connectivity index is 2.49. The number of methoxy groups -OCH3 is 1. The Hall–Kier alpha value is -2.42. The molecule has 102 valence electrons. The molecule has 0 saturated carbocycles. The molecule has 0 radical (unpaired) electrons. The quantitative estimate of drug-likeness (QED) is 0.475. The molecule has 1 atom stereocenters. The summed E-state index contributed by atoms with van der Waals surface area (Å²) in [7, 11) is 1.30. The normalized spacial score (nSPS) is 13.2. The first-order chi connectivity index (χ1) is 9.73. The SMILES string of the molecule is COC(=O)[C@](C=O)(Cc1ccccc1)c1ccccc1. The van der Waals surface area contributed by atoms with Crippen LogP contribution in [-0.2, 0) is 26.2 Å². The van der Waals surface area contributed by atoms with Crippen molar-refractivity contribution in [2.45, 2.75) is 11.8 Å². The van der Waals surface area contributed by atoms with Crippen LogP contribution in [0.4, 0.5) is 0 Å². The number of ether oxygens (including phenoxy) is 1.